The maximum atomic E-state index is 12.0. The zero-order chi connectivity index (χ0) is 18.1. The van der Waals surface area contributed by atoms with Crippen LogP contribution in [0.4, 0.5) is 4.79 Å². The number of para-hydroxylation sites is 1. The summed E-state index contributed by atoms with van der Waals surface area (Å²) in [6, 6.07) is 8.74. The van der Waals surface area contributed by atoms with E-state index in [-0.39, 0.29) is 37.4 Å². The van der Waals surface area contributed by atoms with Gasteiger partial charge in [-0.1, -0.05) is 18.2 Å². The largest absolute Gasteiger partial charge is 0.492 e. The van der Waals surface area contributed by atoms with E-state index in [0.29, 0.717) is 26.1 Å². The van der Waals surface area contributed by atoms with E-state index in [1.807, 2.05) is 30.3 Å². The second-order valence-corrected chi connectivity index (χ2v) is 5.80. The first-order valence-corrected chi connectivity index (χ1v) is 8.26. The van der Waals surface area contributed by atoms with Crippen LogP contribution in [0, 0.1) is 0 Å². The van der Waals surface area contributed by atoms with E-state index in [0.717, 1.165) is 5.75 Å². The summed E-state index contributed by atoms with van der Waals surface area (Å²) in [5, 5.41) is 13.9. The monoisotopic (exact) mass is 349 g/mol. The minimum Gasteiger partial charge on any atom is -0.492 e. The zero-order valence-corrected chi connectivity index (χ0v) is 13.9. The van der Waals surface area contributed by atoms with Crippen molar-refractivity contribution < 1.29 is 24.2 Å². The molecule has 1 aliphatic heterocycles. The Kier molecular flexibility index (Phi) is 7.06. The number of hydrogen-bond donors (Lipinski definition) is 3. The van der Waals surface area contributed by atoms with Gasteiger partial charge < -0.3 is 25.4 Å². The number of hydrogen-bond acceptors (Lipinski definition) is 4. The summed E-state index contributed by atoms with van der Waals surface area (Å²) in [6.45, 7) is 1.59. The van der Waals surface area contributed by atoms with Gasteiger partial charge in [0.1, 0.15) is 12.4 Å². The maximum Gasteiger partial charge on any atom is 0.315 e. The van der Waals surface area contributed by atoms with Crippen LogP contribution in [0.1, 0.15) is 19.3 Å². The molecule has 8 heteroatoms. The Labute approximate surface area is 146 Å². The van der Waals surface area contributed by atoms with Crippen LogP contribution in [0.15, 0.2) is 30.3 Å². The summed E-state index contributed by atoms with van der Waals surface area (Å²) >= 11 is 0. The van der Waals surface area contributed by atoms with Gasteiger partial charge in [-0.3, -0.25) is 9.59 Å². The molecule has 0 saturated carbocycles. The molecule has 1 aromatic carbocycles. The van der Waals surface area contributed by atoms with E-state index < -0.39 is 5.97 Å². The second-order valence-electron chi connectivity index (χ2n) is 5.80. The summed E-state index contributed by atoms with van der Waals surface area (Å²) in [6.07, 6.45) is 0.639. The fraction of sp³-hybridized carbons (Fsp3) is 0.471. The van der Waals surface area contributed by atoms with E-state index in [4.69, 9.17) is 9.84 Å². The van der Waals surface area contributed by atoms with E-state index in [1.165, 1.54) is 0 Å². The first kappa shape index (κ1) is 18.6. The van der Waals surface area contributed by atoms with Crippen molar-refractivity contribution in [2.24, 2.45) is 0 Å². The van der Waals surface area contributed by atoms with E-state index >= 15 is 0 Å². The van der Waals surface area contributed by atoms with Gasteiger partial charge in [0.15, 0.2) is 0 Å². The SMILES string of the molecule is O=C(O)CCCNC(=O)NC1CC(=O)N(CCOc2ccccc2)C1. The number of nitrogens with zero attached hydrogens (tertiary/aromatic N) is 1. The van der Waals surface area contributed by atoms with Crippen molar-refractivity contribution in [3.63, 3.8) is 0 Å². The highest BCUT2D eigenvalue weighted by Gasteiger charge is 2.30. The molecule has 0 bridgehead atoms. The van der Waals surface area contributed by atoms with Crippen LogP contribution >= 0.6 is 0 Å². The highest BCUT2D eigenvalue weighted by atomic mass is 16.5. The molecule has 1 heterocycles. The number of ether oxygens (including phenoxy) is 1. The Hall–Kier alpha value is -2.77. The van der Waals surface area contributed by atoms with Crippen LogP contribution in [0.25, 0.3) is 0 Å². The molecule has 25 heavy (non-hydrogen) atoms. The molecule has 1 fully saturated rings. The van der Waals surface area contributed by atoms with Crippen LogP contribution in [-0.4, -0.2) is 60.2 Å². The lowest BCUT2D eigenvalue weighted by Gasteiger charge is -2.17. The lowest BCUT2D eigenvalue weighted by molar-refractivity contribution is -0.137. The lowest BCUT2D eigenvalue weighted by Crippen LogP contribution is -2.43. The van der Waals surface area contributed by atoms with Gasteiger partial charge in [0, 0.05) is 25.9 Å². The fourth-order valence-corrected chi connectivity index (χ4v) is 2.55. The fourth-order valence-electron chi connectivity index (χ4n) is 2.55. The summed E-state index contributed by atoms with van der Waals surface area (Å²) < 4.78 is 5.58. The number of likely N-dealkylation sites (tertiary alicyclic amines) is 1. The number of carbonyl (C=O) groups is 3. The number of amides is 3. The van der Waals surface area contributed by atoms with Gasteiger partial charge in [-0.25, -0.2) is 4.79 Å². The lowest BCUT2D eigenvalue weighted by atomic mass is 10.2. The van der Waals surface area contributed by atoms with E-state index in [2.05, 4.69) is 10.6 Å². The molecule has 136 valence electrons. The second kappa shape index (κ2) is 9.51. The summed E-state index contributed by atoms with van der Waals surface area (Å²) in [4.78, 5) is 35.8. The third-order valence-corrected chi connectivity index (χ3v) is 3.78. The van der Waals surface area contributed by atoms with Gasteiger partial charge in [-0.05, 0) is 18.6 Å². The van der Waals surface area contributed by atoms with Crippen molar-refractivity contribution in [3.05, 3.63) is 30.3 Å². The summed E-state index contributed by atoms with van der Waals surface area (Å²) in [7, 11) is 0. The number of carboxylic acid groups (broad SMARTS) is 1. The summed E-state index contributed by atoms with van der Waals surface area (Å²) in [5.41, 5.74) is 0. The van der Waals surface area contributed by atoms with Gasteiger partial charge in [0.25, 0.3) is 0 Å². The predicted octanol–water partition coefficient (Wildman–Crippen LogP) is 0.830. The number of nitrogens with one attached hydrogen (secondary N) is 2. The zero-order valence-electron chi connectivity index (χ0n) is 13.9. The van der Waals surface area contributed by atoms with Crippen molar-refractivity contribution in [2.75, 3.05) is 26.2 Å². The molecule has 3 amide bonds. The number of rotatable bonds is 9. The van der Waals surface area contributed by atoms with Gasteiger partial charge in [0.05, 0.1) is 12.6 Å². The Balaban J connectivity index is 1.63. The molecule has 0 aromatic heterocycles. The Morgan fingerprint density at radius 3 is 2.76 bits per heavy atom. The topological polar surface area (TPSA) is 108 Å². The molecule has 2 rings (SSSR count). The van der Waals surface area contributed by atoms with Crippen molar-refractivity contribution in [1.82, 2.24) is 15.5 Å². The average molecular weight is 349 g/mol. The number of carbonyl (C=O) groups excluding carboxylic acids is 2. The van der Waals surface area contributed by atoms with E-state index in [9.17, 15) is 14.4 Å². The quantitative estimate of drug-likeness (QED) is 0.572. The predicted molar refractivity (Wildman–Crippen MR) is 90.3 cm³/mol. The molecule has 8 nitrogen and oxygen atoms in total. The standard InChI is InChI=1S/C17H23N3O5/c21-15-11-13(19-17(24)18-8-4-7-16(22)23)12-20(15)9-10-25-14-5-2-1-3-6-14/h1-3,5-6,13H,4,7-12H2,(H,22,23)(H2,18,19,24). The van der Waals surface area contributed by atoms with Crippen LogP contribution in [-0.2, 0) is 9.59 Å². The van der Waals surface area contributed by atoms with Gasteiger partial charge in [0.2, 0.25) is 5.91 Å². The van der Waals surface area contributed by atoms with Crippen molar-refractivity contribution in [3.8, 4) is 5.75 Å². The number of urea groups is 1. The highest BCUT2D eigenvalue weighted by Crippen LogP contribution is 2.12. The highest BCUT2D eigenvalue weighted by molar-refractivity contribution is 5.81. The smallest absolute Gasteiger partial charge is 0.315 e. The number of carboxylic acids is 1. The number of aliphatic carboxylic acids is 1. The Bertz CT molecular complexity index is 593. The molecular weight excluding hydrogens is 326 g/mol. The van der Waals surface area contributed by atoms with Crippen molar-refractivity contribution in [2.45, 2.75) is 25.3 Å². The minimum atomic E-state index is -0.892. The molecule has 0 radical (unpaired) electrons. The molecule has 1 aromatic rings. The maximum absolute atomic E-state index is 12.0. The van der Waals surface area contributed by atoms with Crippen LogP contribution < -0.4 is 15.4 Å². The summed E-state index contributed by atoms with van der Waals surface area (Å²) in [5.74, 6) is -0.158. The molecule has 0 spiro atoms. The molecule has 1 unspecified atom stereocenters. The molecule has 3 N–H and O–H groups in total. The molecule has 0 aliphatic carbocycles. The van der Waals surface area contributed by atoms with Crippen LogP contribution in [0.3, 0.4) is 0 Å². The van der Waals surface area contributed by atoms with Crippen LogP contribution in [0.2, 0.25) is 0 Å². The Morgan fingerprint density at radius 1 is 1.28 bits per heavy atom. The molecule has 1 saturated heterocycles. The minimum absolute atomic E-state index is 0.0113. The van der Waals surface area contributed by atoms with Gasteiger partial charge >= 0.3 is 12.0 Å². The van der Waals surface area contributed by atoms with Crippen molar-refractivity contribution >= 4 is 17.9 Å². The first-order valence-electron chi connectivity index (χ1n) is 8.26. The normalized spacial score (nSPS) is 16.6. The van der Waals surface area contributed by atoms with Gasteiger partial charge in [-0.2, -0.15) is 0 Å². The Morgan fingerprint density at radius 2 is 2.04 bits per heavy atom. The molecule has 1 atom stereocenters. The van der Waals surface area contributed by atoms with Gasteiger partial charge in [-0.15, -0.1) is 0 Å². The molecular formula is C17H23N3O5. The third kappa shape index (κ3) is 6.70. The van der Waals surface area contributed by atoms with Crippen molar-refractivity contribution in [1.29, 1.82) is 0 Å². The van der Waals surface area contributed by atoms with E-state index in [1.54, 1.807) is 4.90 Å². The third-order valence-electron chi connectivity index (χ3n) is 3.78. The number of benzene rings is 1. The first-order chi connectivity index (χ1) is 12.0. The average Bonchev–Trinajstić information content (AvgIpc) is 2.92. The van der Waals surface area contributed by atoms with Crippen LogP contribution in [0.5, 0.6) is 5.75 Å². The molecule has 1 aliphatic rings.